The van der Waals surface area contributed by atoms with Gasteiger partial charge < -0.3 is 14.6 Å². The Hall–Kier alpha value is -3.32. The number of amides is 1. The van der Waals surface area contributed by atoms with E-state index in [0.29, 0.717) is 5.75 Å². The van der Waals surface area contributed by atoms with Crippen LogP contribution in [-0.2, 0) is 17.1 Å². The van der Waals surface area contributed by atoms with Crippen LogP contribution in [-0.4, -0.2) is 27.6 Å². The molecule has 0 fully saturated rings. The maximum atomic E-state index is 12.9. The largest absolute Gasteiger partial charge is 0.497 e. The van der Waals surface area contributed by atoms with Crippen molar-refractivity contribution in [3.05, 3.63) is 77.6 Å². The smallest absolute Gasteiger partial charge is 0.244 e. The molecule has 0 aliphatic carbocycles. The number of imidazole rings is 1. The van der Waals surface area contributed by atoms with Crippen LogP contribution >= 0.6 is 11.8 Å². The van der Waals surface area contributed by atoms with Gasteiger partial charge in [0.15, 0.2) is 5.16 Å². The monoisotopic (exact) mass is 432 g/mol. The number of hydrogen-bond donors (Lipinski definition) is 1. The van der Waals surface area contributed by atoms with Gasteiger partial charge in [-0.1, -0.05) is 30.0 Å². The maximum absolute atomic E-state index is 12.9. The Morgan fingerprint density at radius 3 is 2.71 bits per heavy atom. The van der Waals surface area contributed by atoms with E-state index in [0.717, 1.165) is 44.3 Å². The lowest BCUT2D eigenvalue weighted by atomic mass is 10.1. The van der Waals surface area contributed by atoms with E-state index < -0.39 is 0 Å². The van der Waals surface area contributed by atoms with Gasteiger partial charge in [0.05, 0.1) is 24.3 Å². The van der Waals surface area contributed by atoms with Crippen LogP contribution in [0.5, 0.6) is 5.75 Å². The third-order valence-electron chi connectivity index (χ3n) is 4.82. The number of fused-ring (bicyclic) bond motifs is 1. The molecule has 0 saturated carbocycles. The second kappa shape index (κ2) is 9.22. The van der Waals surface area contributed by atoms with Gasteiger partial charge in [-0.3, -0.25) is 9.78 Å². The fourth-order valence-electron chi connectivity index (χ4n) is 3.51. The van der Waals surface area contributed by atoms with E-state index in [4.69, 9.17) is 9.72 Å². The minimum absolute atomic E-state index is 0.101. The summed E-state index contributed by atoms with van der Waals surface area (Å²) in [5, 5.41) is 3.79. The number of nitrogens with zero attached hydrogens (tertiary/aromatic N) is 3. The molecule has 31 heavy (non-hydrogen) atoms. The summed E-state index contributed by atoms with van der Waals surface area (Å²) < 4.78 is 7.24. The number of carbonyl (C=O) groups is 1. The van der Waals surface area contributed by atoms with Crippen molar-refractivity contribution >= 4 is 34.4 Å². The minimum atomic E-state index is -0.101. The number of pyridine rings is 1. The zero-order valence-electron chi connectivity index (χ0n) is 17.8. The van der Waals surface area contributed by atoms with Gasteiger partial charge in [0.2, 0.25) is 5.91 Å². The molecule has 2 aromatic carbocycles. The zero-order chi connectivity index (χ0) is 21.8. The van der Waals surface area contributed by atoms with Crippen molar-refractivity contribution in [3.8, 4) is 5.75 Å². The predicted octanol–water partition coefficient (Wildman–Crippen LogP) is 4.99. The van der Waals surface area contributed by atoms with E-state index in [2.05, 4.69) is 22.4 Å². The molecule has 0 spiro atoms. The van der Waals surface area contributed by atoms with E-state index in [1.165, 1.54) is 0 Å². The molecule has 0 unspecified atom stereocenters. The molecule has 0 atom stereocenters. The molecule has 1 N–H and O–H groups in total. The van der Waals surface area contributed by atoms with E-state index >= 15 is 0 Å². The number of aromatic nitrogens is 3. The number of anilines is 1. The van der Waals surface area contributed by atoms with Crippen molar-refractivity contribution < 1.29 is 9.53 Å². The summed E-state index contributed by atoms with van der Waals surface area (Å²) in [4.78, 5) is 21.8. The first-order chi connectivity index (χ1) is 15.0. The second-order valence-electron chi connectivity index (χ2n) is 7.41. The van der Waals surface area contributed by atoms with E-state index in [1.54, 1.807) is 31.3 Å². The van der Waals surface area contributed by atoms with Gasteiger partial charge in [-0.25, -0.2) is 4.98 Å². The van der Waals surface area contributed by atoms with Crippen molar-refractivity contribution in [2.75, 3.05) is 12.4 Å². The number of thioether (sulfide) groups is 1. The van der Waals surface area contributed by atoms with Crippen molar-refractivity contribution in [1.29, 1.82) is 0 Å². The molecule has 0 radical (unpaired) electrons. The van der Waals surface area contributed by atoms with Crippen LogP contribution in [0.2, 0.25) is 0 Å². The van der Waals surface area contributed by atoms with Crippen molar-refractivity contribution in [2.45, 2.75) is 31.3 Å². The van der Waals surface area contributed by atoms with Gasteiger partial charge in [-0.15, -0.1) is 0 Å². The zero-order valence-corrected chi connectivity index (χ0v) is 18.6. The fraction of sp³-hybridized carbons (Fsp3) is 0.208. The van der Waals surface area contributed by atoms with Gasteiger partial charge in [0, 0.05) is 17.6 Å². The van der Waals surface area contributed by atoms with E-state index in [-0.39, 0.29) is 12.5 Å². The number of carbonyl (C=O) groups excluding carboxylic acids is 1. The molecule has 0 saturated heterocycles. The Kier molecular flexibility index (Phi) is 6.23. The first kappa shape index (κ1) is 20.9. The second-order valence-corrected chi connectivity index (χ2v) is 8.35. The summed E-state index contributed by atoms with van der Waals surface area (Å²) in [5.41, 5.74) is 5.81. The van der Waals surface area contributed by atoms with E-state index in [1.807, 2.05) is 54.8 Å². The van der Waals surface area contributed by atoms with Gasteiger partial charge >= 0.3 is 0 Å². The molecule has 2 heterocycles. The highest BCUT2D eigenvalue weighted by molar-refractivity contribution is 7.98. The Balaban J connectivity index is 1.56. The quantitative estimate of drug-likeness (QED) is 0.417. The molecule has 7 heteroatoms. The molecule has 2 aromatic heterocycles. The van der Waals surface area contributed by atoms with Crippen LogP contribution in [0.25, 0.3) is 11.0 Å². The first-order valence-corrected chi connectivity index (χ1v) is 10.9. The molecule has 6 nitrogen and oxygen atoms in total. The highest BCUT2D eigenvalue weighted by Crippen LogP contribution is 2.27. The van der Waals surface area contributed by atoms with Crippen molar-refractivity contribution in [3.63, 3.8) is 0 Å². The van der Waals surface area contributed by atoms with Crippen LogP contribution < -0.4 is 10.1 Å². The van der Waals surface area contributed by atoms with Crippen LogP contribution in [0.15, 0.2) is 66.1 Å². The van der Waals surface area contributed by atoms with Crippen molar-refractivity contribution in [1.82, 2.24) is 14.5 Å². The molecular formula is C24H24N4O2S. The molecule has 158 valence electrons. The Morgan fingerprint density at radius 2 is 1.94 bits per heavy atom. The topological polar surface area (TPSA) is 69.0 Å². The Bertz CT molecular complexity index is 1220. The summed E-state index contributed by atoms with van der Waals surface area (Å²) in [7, 11) is 1.66. The highest BCUT2D eigenvalue weighted by Gasteiger charge is 2.15. The van der Waals surface area contributed by atoms with E-state index in [9.17, 15) is 4.79 Å². The lowest BCUT2D eigenvalue weighted by Gasteiger charge is -2.11. The third kappa shape index (κ3) is 5.06. The summed E-state index contributed by atoms with van der Waals surface area (Å²) in [6, 6.07) is 15.8. The van der Waals surface area contributed by atoms with Crippen LogP contribution in [0.3, 0.4) is 0 Å². The summed E-state index contributed by atoms with van der Waals surface area (Å²) >= 11 is 1.59. The number of benzene rings is 2. The third-order valence-corrected chi connectivity index (χ3v) is 5.87. The molecular weight excluding hydrogens is 408 g/mol. The standard InChI is InChI=1S/C24H24N4O2S/c1-16-9-17(2)11-19(10-16)26-23(29)14-28-22-13-25-8-7-21(22)27-24(28)31-15-18-5-4-6-20(12-18)30-3/h4-13H,14-15H2,1-3H3,(H,26,29). The lowest BCUT2D eigenvalue weighted by Crippen LogP contribution is -2.19. The highest BCUT2D eigenvalue weighted by atomic mass is 32.2. The Labute approximate surface area is 185 Å². The Morgan fingerprint density at radius 1 is 1.13 bits per heavy atom. The van der Waals surface area contributed by atoms with Crippen LogP contribution in [0, 0.1) is 13.8 Å². The number of methoxy groups -OCH3 is 1. The fourth-order valence-corrected chi connectivity index (χ4v) is 4.47. The number of ether oxygens (including phenoxy) is 1. The van der Waals surface area contributed by atoms with Gasteiger partial charge in [0.25, 0.3) is 0 Å². The maximum Gasteiger partial charge on any atom is 0.244 e. The molecule has 0 bridgehead atoms. The summed E-state index contributed by atoms with van der Waals surface area (Å²) in [6.45, 7) is 4.20. The lowest BCUT2D eigenvalue weighted by molar-refractivity contribution is -0.116. The van der Waals surface area contributed by atoms with Crippen molar-refractivity contribution in [2.24, 2.45) is 0 Å². The number of rotatable bonds is 7. The predicted molar refractivity (Wildman–Crippen MR) is 125 cm³/mol. The minimum Gasteiger partial charge on any atom is -0.497 e. The van der Waals surface area contributed by atoms with Crippen LogP contribution in [0.4, 0.5) is 5.69 Å². The SMILES string of the molecule is COc1cccc(CSc2nc3ccncc3n2CC(=O)Nc2cc(C)cc(C)c2)c1. The number of hydrogen-bond acceptors (Lipinski definition) is 5. The molecule has 4 rings (SSSR count). The normalized spacial score (nSPS) is 10.9. The average molecular weight is 433 g/mol. The first-order valence-electron chi connectivity index (χ1n) is 9.96. The molecule has 0 aliphatic rings. The summed E-state index contributed by atoms with van der Waals surface area (Å²) in [5.74, 6) is 1.44. The average Bonchev–Trinajstić information content (AvgIpc) is 3.09. The van der Waals surface area contributed by atoms with Crippen LogP contribution in [0.1, 0.15) is 16.7 Å². The van der Waals surface area contributed by atoms with Gasteiger partial charge in [-0.2, -0.15) is 0 Å². The number of nitrogens with one attached hydrogen (secondary N) is 1. The van der Waals surface area contributed by atoms with Gasteiger partial charge in [-0.05, 0) is 60.9 Å². The summed E-state index contributed by atoms with van der Waals surface area (Å²) in [6.07, 6.45) is 3.47. The molecule has 1 amide bonds. The molecule has 4 aromatic rings. The number of aryl methyl sites for hydroxylation is 2. The van der Waals surface area contributed by atoms with Gasteiger partial charge in [0.1, 0.15) is 12.3 Å². The molecule has 0 aliphatic heterocycles.